The van der Waals surface area contributed by atoms with E-state index in [-0.39, 0.29) is 5.39 Å². The molecule has 0 aliphatic rings. The predicted octanol–water partition coefficient (Wildman–Crippen LogP) is 2.25. The number of carboxylic acids is 2. The summed E-state index contributed by atoms with van der Waals surface area (Å²) in [5.74, 6) is -3.06. The Morgan fingerprint density at radius 1 is 1.25 bits per heavy atom. The highest BCUT2D eigenvalue weighted by atomic mass is 79.9. The maximum Gasteiger partial charge on any atom is 0.353 e. The van der Waals surface area contributed by atoms with E-state index in [9.17, 15) is 14.4 Å². The molecule has 0 amide bonds. The Labute approximate surface area is 121 Å². The molecule has 6 nitrogen and oxygen atoms in total. The smallest absolute Gasteiger partial charge is 0.353 e. The fraction of sp³-hybridized carbons (Fsp3) is 0.154. The summed E-state index contributed by atoms with van der Waals surface area (Å²) in [4.78, 5) is 37.0. The van der Waals surface area contributed by atoms with Gasteiger partial charge in [-0.25, -0.2) is 9.59 Å². The van der Waals surface area contributed by atoms with Crippen molar-refractivity contribution in [3.63, 3.8) is 0 Å². The lowest BCUT2D eigenvalue weighted by Gasteiger charge is -2.08. The average molecular weight is 340 g/mol. The first-order valence-corrected chi connectivity index (χ1v) is 6.51. The molecule has 0 aliphatic carbocycles. The van der Waals surface area contributed by atoms with Crippen LogP contribution in [0.3, 0.4) is 0 Å². The van der Waals surface area contributed by atoms with E-state index in [1.165, 1.54) is 0 Å². The van der Waals surface area contributed by atoms with E-state index in [1.54, 1.807) is 12.1 Å². The third-order valence-corrected chi connectivity index (χ3v) is 3.58. The van der Waals surface area contributed by atoms with Crippen LogP contribution >= 0.6 is 15.9 Å². The molecule has 0 atom stereocenters. The minimum atomic E-state index is -1.57. The number of aromatic amines is 1. The van der Waals surface area contributed by atoms with E-state index in [2.05, 4.69) is 20.9 Å². The maximum absolute atomic E-state index is 12.2. The number of aromatic carboxylic acids is 2. The molecular weight excluding hydrogens is 330 g/mol. The van der Waals surface area contributed by atoms with Crippen molar-refractivity contribution in [2.24, 2.45) is 0 Å². The van der Waals surface area contributed by atoms with Crippen LogP contribution in [0.25, 0.3) is 10.9 Å². The summed E-state index contributed by atoms with van der Waals surface area (Å²) in [6, 6.07) is 3.35. The fourth-order valence-electron chi connectivity index (χ4n) is 2.00. The van der Waals surface area contributed by atoms with Gasteiger partial charge in [-0.1, -0.05) is 6.92 Å². The molecule has 0 saturated heterocycles. The van der Waals surface area contributed by atoms with Crippen LogP contribution < -0.4 is 5.43 Å². The number of hydrogen-bond donors (Lipinski definition) is 3. The van der Waals surface area contributed by atoms with Crippen LogP contribution in [0.4, 0.5) is 0 Å². The quantitative estimate of drug-likeness (QED) is 0.794. The summed E-state index contributed by atoms with van der Waals surface area (Å²) in [5, 5.41) is 18.2. The third kappa shape index (κ3) is 2.20. The summed E-state index contributed by atoms with van der Waals surface area (Å²) < 4.78 is 0.438. The van der Waals surface area contributed by atoms with Crippen molar-refractivity contribution in [1.82, 2.24) is 4.98 Å². The van der Waals surface area contributed by atoms with Crippen LogP contribution in [-0.4, -0.2) is 27.1 Å². The molecule has 0 saturated carbocycles. The number of nitrogens with one attached hydrogen (secondary N) is 1. The molecule has 7 heteroatoms. The lowest BCUT2D eigenvalue weighted by Crippen LogP contribution is -2.22. The molecule has 2 rings (SSSR count). The van der Waals surface area contributed by atoms with Crippen LogP contribution in [0.5, 0.6) is 0 Å². The van der Waals surface area contributed by atoms with Gasteiger partial charge in [-0.15, -0.1) is 0 Å². The summed E-state index contributed by atoms with van der Waals surface area (Å²) in [7, 11) is 0. The molecule has 2 aromatic rings. The number of rotatable bonds is 3. The zero-order chi connectivity index (χ0) is 15.0. The minimum Gasteiger partial charge on any atom is -0.477 e. The number of H-pyrrole nitrogens is 1. The number of pyridine rings is 1. The van der Waals surface area contributed by atoms with E-state index in [1.807, 2.05) is 6.92 Å². The third-order valence-electron chi connectivity index (χ3n) is 2.95. The standard InChI is InChI=1S/C13H10BrNO5/c1-2-5-3-6(14)8-7(4-5)15-10(13(19)20)9(11(8)16)12(17)18/h3-4H,2H2,1H3,(H,15,16)(H,17,18)(H,19,20). The van der Waals surface area contributed by atoms with Crippen molar-refractivity contribution in [3.05, 3.63) is 43.6 Å². The second-order valence-electron chi connectivity index (χ2n) is 4.17. The van der Waals surface area contributed by atoms with Gasteiger partial charge in [0.25, 0.3) is 0 Å². The van der Waals surface area contributed by atoms with Crippen LogP contribution in [-0.2, 0) is 6.42 Å². The van der Waals surface area contributed by atoms with Crippen LogP contribution in [0.1, 0.15) is 33.3 Å². The topological polar surface area (TPSA) is 107 Å². The summed E-state index contributed by atoms with van der Waals surface area (Å²) in [6.07, 6.45) is 0.694. The number of halogens is 1. The van der Waals surface area contributed by atoms with Crippen molar-refractivity contribution in [2.75, 3.05) is 0 Å². The SMILES string of the molecule is CCc1cc(Br)c2c(=O)c(C(=O)O)c(C(=O)O)[nH]c2c1. The zero-order valence-electron chi connectivity index (χ0n) is 10.4. The number of carbonyl (C=O) groups is 2. The largest absolute Gasteiger partial charge is 0.477 e. The molecule has 104 valence electrons. The van der Waals surface area contributed by atoms with Gasteiger partial charge in [-0.05, 0) is 40.0 Å². The molecule has 0 fully saturated rings. The van der Waals surface area contributed by atoms with E-state index in [4.69, 9.17) is 10.2 Å². The maximum atomic E-state index is 12.2. The minimum absolute atomic E-state index is 0.129. The van der Waals surface area contributed by atoms with Gasteiger partial charge >= 0.3 is 11.9 Å². The Balaban J connectivity index is 3.01. The van der Waals surface area contributed by atoms with Crippen molar-refractivity contribution < 1.29 is 19.8 Å². The molecule has 1 heterocycles. The van der Waals surface area contributed by atoms with Gasteiger partial charge < -0.3 is 15.2 Å². The summed E-state index contributed by atoms with van der Waals surface area (Å²) in [6.45, 7) is 1.91. The Morgan fingerprint density at radius 3 is 2.40 bits per heavy atom. The number of hydrogen-bond acceptors (Lipinski definition) is 3. The fourth-order valence-corrected chi connectivity index (χ4v) is 2.68. The van der Waals surface area contributed by atoms with Crippen molar-refractivity contribution in [2.45, 2.75) is 13.3 Å². The molecule has 0 radical (unpaired) electrons. The van der Waals surface area contributed by atoms with Gasteiger partial charge in [-0.2, -0.15) is 0 Å². The summed E-state index contributed by atoms with van der Waals surface area (Å²) >= 11 is 3.22. The lowest BCUT2D eigenvalue weighted by atomic mass is 10.0. The number of aromatic nitrogens is 1. The molecule has 3 N–H and O–H groups in total. The summed E-state index contributed by atoms with van der Waals surface area (Å²) in [5.41, 5.74) is -1.02. The van der Waals surface area contributed by atoms with E-state index in [0.29, 0.717) is 16.4 Å². The zero-order valence-corrected chi connectivity index (χ0v) is 11.9. The molecule has 0 bridgehead atoms. The van der Waals surface area contributed by atoms with Crippen LogP contribution in [0.15, 0.2) is 21.4 Å². The Hall–Kier alpha value is -2.15. The molecule has 0 unspecified atom stereocenters. The van der Waals surface area contributed by atoms with E-state index in [0.717, 1.165) is 5.56 Å². The second kappa shape index (κ2) is 5.09. The Kier molecular flexibility index (Phi) is 3.63. The highest BCUT2D eigenvalue weighted by Gasteiger charge is 2.23. The second-order valence-corrected chi connectivity index (χ2v) is 5.02. The van der Waals surface area contributed by atoms with Gasteiger partial charge in [0.1, 0.15) is 11.3 Å². The molecule has 20 heavy (non-hydrogen) atoms. The van der Waals surface area contributed by atoms with Crippen molar-refractivity contribution in [3.8, 4) is 0 Å². The molecule has 1 aromatic heterocycles. The molecular formula is C13H10BrNO5. The first kappa shape index (κ1) is 14.3. The first-order valence-electron chi connectivity index (χ1n) is 5.71. The average Bonchev–Trinajstić information content (AvgIpc) is 2.36. The number of benzene rings is 1. The number of fused-ring (bicyclic) bond motifs is 1. The number of aryl methyl sites for hydroxylation is 1. The number of carboxylic acid groups (broad SMARTS) is 2. The Morgan fingerprint density at radius 2 is 1.90 bits per heavy atom. The van der Waals surface area contributed by atoms with Crippen molar-refractivity contribution in [1.29, 1.82) is 0 Å². The highest BCUT2D eigenvalue weighted by Crippen LogP contribution is 2.24. The van der Waals surface area contributed by atoms with Gasteiger partial charge in [0.2, 0.25) is 5.43 Å². The Bertz CT molecular complexity index is 793. The van der Waals surface area contributed by atoms with Crippen LogP contribution in [0, 0.1) is 0 Å². The molecule has 1 aromatic carbocycles. The molecule has 0 aliphatic heterocycles. The van der Waals surface area contributed by atoms with Gasteiger partial charge in [0.15, 0.2) is 0 Å². The van der Waals surface area contributed by atoms with Crippen molar-refractivity contribution >= 4 is 38.8 Å². The van der Waals surface area contributed by atoms with Gasteiger partial charge in [-0.3, -0.25) is 4.79 Å². The first-order chi connectivity index (χ1) is 9.36. The van der Waals surface area contributed by atoms with Gasteiger partial charge in [0.05, 0.1) is 10.9 Å². The highest BCUT2D eigenvalue weighted by molar-refractivity contribution is 9.10. The normalized spacial score (nSPS) is 10.7. The monoisotopic (exact) mass is 339 g/mol. The van der Waals surface area contributed by atoms with Gasteiger partial charge in [0, 0.05) is 4.47 Å². The lowest BCUT2D eigenvalue weighted by molar-refractivity contribution is 0.0646. The predicted molar refractivity (Wildman–Crippen MR) is 75.6 cm³/mol. The molecule has 0 spiro atoms. The van der Waals surface area contributed by atoms with E-state index >= 15 is 0 Å². The van der Waals surface area contributed by atoms with E-state index < -0.39 is 28.6 Å². The van der Waals surface area contributed by atoms with Crippen LogP contribution in [0.2, 0.25) is 0 Å².